The van der Waals surface area contributed by atoms with Crippen LogP contribution in [-0.4, -0.2) is 84.4 Å². The highest BCUT2D eigenvalue weighted by Gasteiger charge is 2.36. The summed E-state index contributed by atoms with van der Waals surface area (Å²) in [6.45, 7) is 2.57. The van der Waals surface area contributed by atoms with Crippen molar-refractivity contribution in [2.75, 3.05) is 39.9 Å². The summed E-state index contributed by atoms with van der Waals surface area (Å²) in [7, 11) is 1.27. The number of aliphatic carboxylic acids is 2. The fourth-order valence-electron chi connectivity index (χ4n) is 1.94. The van der Waals surface area contributed by atoms with Crippen LogP contribution in [0.15, 0.2) is 0 Å². The first-order chi connectivity index (χ1) is 11.3. The normalized spacial score (nSPS) is 22.8. The van der Waals surface area contributed by atoms with Crippen LogP contribution in [0.25, 0.3) is 0 Å². The van der Waals surface area contributed by atoms with Gasteiger partial charge in [0.1, 0.15) is 0 Å². The average molecular weight is 348 g/mol. The number of amides is 1. The number of aliphatic hydroxyl groups excluding tert-OH is 1. The maximum absolute atomic E-state index is 10.7. The Labute approximate surface area is 139 Å². The number of carboxylic acid groups (broad SMARTS) is 2. The van der Waals surface area contributed by atoms with E-state index in [0.29, 0.717) is 13.1 Å². The van der Waals surface area contributed by atoms with Gasteiger partial charge in [0.05, 0.1) is 18.9 Å². The molecule has 0 aromatic carbocycles. The van der Waals surface area contributed by atoms with E-state index in [1.165, 1.54) is 12.0 Å². The number of ether oxygens (including phenoxy) is 2. The molecule has 3 rings (SSSR count). The van der Waals surface area contributed by atoms with E-state index in [2.05, 4.69) is 10.1 Å². The van der Waals surface area contributed by atoms with E-state index in [-0.39, 0.29) is 19.0 Å². The fraction of sp³-hybridized carbons (Fsp3) is 0.786. The van der Waals surface area contributed by atoms with Crippen LogP contribution in [0.1, 0.15) is 12.8 Å². The molecule has 0 radical (unpaired) electrons. The van der Waals surface area contributed by atoms with Crippen LogP contribution in [0.3, 0.4) is 0 Å². The highest BCUT2D eigenvalue weighted by atomic mass is 16.6. The number of carbonyl (C=O) groups is 3. The Morgan fingerprint density at radius 1 is 1.12 bits per heavy atom. The first kappa shape index (κ1) is 20.1. The number of hydrogen-bond acceptors (Lipinski definition) is 7. The number of nitrogens with zero attached hydrogens (tertiary/aromatic N) is 1. The molecule has 10 heteroatoms. The number of carbonyl (C=O) groups excluding carboxylic acids is 1. The Morgan fingerprint density at radius 2 is 1.71 bits per heavy atom. The predicted molar refractivity (Wildman–Crippen MR) is 80.3 cm³/mol. The van der Waals surface area contributed by atoms with Gasteiger partial charge in [0.15, 0.2) is 6.29 Å². The smallest absolute Gasteiger partial charge is 0.409 e. The second kappa shape index (κ2) is 10.1. The predicted octanol–water partition coefficient (Wildman–Crippen LogP) is -0.825. The maximum atomic E-state index is 10.7. The topological polar surface area (TPSA) is 146 Å². The lowest BCUT2D eigenvalue weighted by Gasteiger charge is -2.34. The molecule has 1 unspecified atom stereocenters. The van der Waals surface area contributed by atoms with Crippen LogP contribution in [-0.2, 0) is 19.1 Å². The number of methoxy groups -OCH3 is 1. The molecule has 3 aliphatic rings. The molecule has 0 spiro atoms. The zero-order valence-electron chi connectivity index (χ0n) is 13.5. The average Bonchev–Trinajstić information content (AvgIpc) is 2.86. The van der Waals surface area contributed by atoms with E-state index < -0.39 is 30.2 Å². The van der Waals surface area contributed by atoms with Crippen LogP contribution >= 0.6 is 0 Å². The minimum atomic E-state index is -0.856. The quantitative estimate of drug-likeness (QED) is 0.502. The van der Waals surface area contributed by atoms with Gasteiger partial charge < -0.3 is 35.0 Å². The number of nitrogens with one attached hydrogen (secondary N) is 1. The van der Waals surface area contributed by atoms with E-state index in [4.69, 9.17) is 20.1 Å². The van der Waals surface area contributed by atoms with Crippen LogP contribution in [0.4, 0.5) is 4.79 Å². The van der Waals surface area contributed by atoms with Gasteiger partial charge >= 0.3 is 18.0 Å². The number of hydrogen-bond donors (Lipinski definition) is 4. The zero-order chi connectivity index (χ0) is 18.1. The van der Waals surface area contributed by atoms with Gasteiger partial charge in [0.2, 0.25) is 0 Å². The minimum absolute atomic E-state index is 0.111. The summed E-state index contributed by atoms with van der Waals surface area (Å²) >= 11 is 0. The minimum Gasteiger partial charge on any atom is -0.481 e. The van der Waals surface area contributed by atoms with Gasteiger partial charge in [-0.3, -0.25) is 9.59 Å². The number of likely N-dealkylation sites (tertiary alicyclic amines) is 1. The molecule has 1 amide bonds. The highest BCUT2D eigenvalue weighted by Crippen LogP contribution is 2.15. The van der Waals surface area contributed by atoms with E-state index in [9.17, 15) is 14.4 Å². The lowest BCUT2D eigenvalue weighted by Crippen LogP contribution is -2.52. The van der Waals surface area contributed by atoms with Crippen molar-refractivity contribution >= 4 is 18.0 Å². The van der Waals surface area contributed by atoms with Crippen LogP contribution < -0.4 is 5.32 Å². The van der Waals surface area contributed by atoms with Crippen LogP contribution in [0, 0.1) is 11.8 Å². The lowest BCUT2D eigenvalue weighted by atomic mass is 10.0. The fourth-order valence-corrected chi connectivity index (χ4v) is 1.94. The van der Waals surface area contributed by atoms with Gasteiger partial charge in [-0.1, -0.05) is 0 Å². The Bertz CT molecular complexity index is 428. The maximum Gasteiger partial charge on any atom is 0.409 e. The largest absolute Gasteiger partial charge is 0.481 e. The molecule has 10 nitrogen and oxygen atoms in total. The molecule has 0 aromatic heterocycles. The molecule has 0 aliphatic carbocycles. The molecular weight excluding hydrogens is 324 g/mol. The summed E-state index contributed by atoms with van der Waals surface area (Å²) in [5.41, 5.74) is 0. The van der Waals surface area contributed by atoms with Gasteiger partial charge in [0, 0.05) is 39.2 Å². The summed E-state index contributed by atoms with van der Waals surface area (Å²) < 4.78 is 9.08. The lowest BCUT2D eigenvalue weighted by molar-refractivity contribution is -0.146. The molecular formula is C14H24N2O8. The van der Waals surface area contributed by atoms with Crippen molar-refractivity contribution in [3.05, 3.63) is 0 Å². The third kappa shape index (κ3) is 6.69. The number of aliphatic hydroxyl groups is 1. The molecule has 1 atom stereocenters. The van der Waals surface area contributed by atoms with Gasteiger partial charge in [-0.2, -0.15) is 0 Å². The summed E-state index contributed by atoms with van der Waals surface area (Å²) in [6, 6.07) is 0. The summed E-state index contributed by atoms with van der Waals surface area (Å²) in [4.78, 5) is 32.2. The molecule has 4 N–H and O–H groups in total. The first-order valence-electron chi connectivity index (χ1n) is 7.64. The third-order valence-electron chi connectivity index (χ3n) is 3.70. The Hall–Kier alpha value is -1.91. The highest BCUT2D eigenvalue weighted by molar-refractivity contribution is 5.76. The van der Waals surface area contributed by atoms with Crippen molar-refractivity contribution in [2.45, 2.75) is 19.1 Å². The van der Waals surface area contributed by atoms with Crippen molar-refractivity contribution in [3.8, 4) is 0 Å². The van der Waals surface area contributed by atoms with Crippen molar-refractivity contribution in [3.63, 3.8) is 0 Å². The van der Waals surface area contributed by atoms with Crippen LogP contribution in [0.5, 0.6) is 0 Å². The van der Waals surface area contributed by atoms with Crippen molar-refractivity contribution < 1.29 is 39.2 Å². The third-order valence-corrected chi connectivity index (χ3v) is 3.70. The summed E-state index contributed by atoms with van der Waals surface area (Å²) in [5, 5.41) is 28.0. The zero-order valence-corrected chi connectivity index (χ0v) is 13.5. The van der Waals surface area contributed by atoms with Gasteiger partial charge in [0.25, 0.3) is 0 Å². The van der Waals surface area contributed by atoms with Gasteiger partial charge in [-0.25, -0.2) is 4.79 Å². The SMILES string of the molecule is COC(=O)N1CC(C(=O)O)C1.O=C(O)C1CNC1.OC1CCCO1. The van der Waals surface area contributed by atoms with Crippen molar-refractivity contribution in [1.29, 1.82) is 0 Å². The number of carboxylic acids is 2. The molecule has 138 valence electrons. The number of rotatable bonds is 2. The standard InChI is InChI=1S/C6H9NO4.C4H7NO2.C4H8O2/c1-11-6(10)7-2-4(3-7)5(8)9;6-4(7)3-1-5-2-3;5-4-2-1-3-6-4/h4H,2-3H2,1H3,(H,8,9);3,5H,1-2H2,(H,6,7);4-5H,1-3H2. The molecule has 24 heavy (non-hydrogen) atoms. The van der Waals surface area contributed by atoms with Gasteiger partial charge in [-0.15, -0.1) is 0 Å². The first-order valence-corrected chi connectivity index (χ1v) is 7.64. The van der Waals surface area contributed by atoms with E-state index in [1.807, 2.05) is 0 Å². The van der Waals surface area contributed by atoms with E-state index in [1.54, 1.807) is 0 Å². The molecule has 0 bridgehead atoms. The summed E-state index contributed by atoms with van der Waals surface area (Å²) in [5.74, 6) is -2.06. The van der Waals surface area contributed by atoms with Crippen LogP contribution in [0.2, 0.25) is 0 Å². The van der Waals surface area contributed by atoms with Crippen molar-refractivity contribution in [1.82, 2.24) is 10.2 Å². The van der Waals surface area contributed by atoms with E-state index >= 15 is 0 Å². The monoisotopic (exact) mass is 348 g/mol. The molecule has 3 aliphatic heterocycles. The Morgan fingerprint density at radius 3 is 1.92 bits per heavy atom. The van der Waals surface area contributed by atoms with Crippen molar-refractivity contribution in [2.24, 2.45) is 11.8 Å². The molecule has 3 saturated heterocycles. The van der Waals surface area contributed by atoms with Gasteiger partial charge in [-0.05, 0) is 6.42 Å². The second-order valence-corrected chi connectivity index (χ2v) is 5.57. The Balaban J connectivity index is 0.000000191. The van der Waals surface area contributed by atoms with E-state index in [0.717, 1.165) is 19.4 Å². The molecule has 3 fully saturated rings. The molecule has 0 aromatic rings. The second-order valence-electron chi connectivity index (χ2n) is 5.57. The summed E-state index contributed by atoms with van der Waals surface area (Å²) in [6.07, 6.45) is 0.925. The Kier molecular flexibility index (Phi) is 8.44. The molecule has 0 saturated carbocycles. The molecule has 3 heterocycles.